The van der Waals surface area contributed by atoms with Crippen LogP contribution in [0.2, 0.25) is 0 Å². The molecule has 1 heterocycles. The molecule has 2 aromatic rings. The van der Waals surface area contributed by atoms with Crippen LogP contribution in [-0.4, -0.2) is 5.11 Å². The first-order valence-electron chi connectivity index (χ1n) is 6.07. The van der Waals surface area contributed by atoms with E-state index in [1.54, 1.807) is 11.3 Å². The molecule has 0 radical (unpaired) electrons. The van der Waals surface area contributed by atoms with Crippen molar-refractivity contribution in [2.24, 2.45) is 0 Å². The summed E-state index contributed by atoms with van der Waals surface area (Å²) >= 11 is 5.00. The van der Waals surface area contributed by atoms with Gasteiger partial charge in [0.25, 0.3) is 0 Å². The molecule has 0 aliphatic rings. The summed E-state index contributed by atoms with van der Waals surface area (Å²) in [6.07, 6.45) is 0.261. The second-order valence-corrected chi connectivity index (χ2v) is 6.64. The summed E-state index contributed by atoms with van der Waals surface area (Å²) < 4.78 is 1.04. The zero-order valence-electron chi connectivity index (χ0n) is 10.6. The molecule has 0 saturated heterocycles. The van der Waals surface area contributed by atoms with Crippen molar-refractivity contribution >= 4 is 27.3 Å². The molecule has 1 atom stereocenters. The van der Waals surface area contributed by atoms with Crippen molar-refractivity contribution in [2.45, 2.75) is 32.3 Å². The highest BCUT2D eigenvalue weighted by atomic mass is 79.9. The Labute approximate surface area is 121 Å². The molecule has 1 unspecified atom stereocenters. The fourth-order valence-corrected chi connectivity index (χ4v) is 3.30. The molecule has 1 aromatic carbocycles. The Morgan fingerprint density at radius 1 is 1.22 bits per heavy atom. The second kappa shape index (κ2) is 6.00. The summed E-state index contributed by atoms with van der Waals surface area (Å²) in [5, 5.41) is 12.2. The van der Waals surface area contributed by atoms with Crippen LogP contribution in [0.3, 0.4) is 0 Å². The summed E-state index contributed by atoms with van der Waals surface area (Å²) in [5.41, 5.74) is 2.52. The Balaban J connectivity index is 2.05. The van der Waals surface area contributed by atoms with Gasteiger partial charge >= 0.3 is 0 Å². The van der Waals surface area contributed by atoms with Crippen molar-refractivity contribution in [1.82, 2.24) is 0 Å². The van der Waals surface area contributed by atoms with Crippen molar-refractivity contribution in [3.05, 3.63) is 56.2 Å². The fraction of sp³-hybridized carbons (Fsp3) is 0.333. The Hall–Kier alpha value is -0.640. The third kappa shape index (κ3) is 3.44. The molecule has 3 heteroatoms. The smallest absolute Gasteiger partial charge is 0.0922 e. The van der Waals surface area contributed by atoms with Gasteiger partial charge in [0.05, 0.1) is 6.10 Å². The van der Waals surface area contributed by atoms with E-state index in [1.165, 1.54) is 11.1 Å². The van der Waals surface area contributed by atoms with Crippen LogP contribution in [0.15, 0.2) is 40.2 Å². The van der Waals surface area contributed by atoms with E-state index in [4.69, 9.17) is 0 Å². The normalized spacial score (nSPS) is 12.9. The van der Waals surface area contributed by atoms with Crippen molar-refractivity contribution in [2.75, 3.05) is 0 Å². The number of benzene rings is 1. The number of hydrogen-bond acceptors (Lipinski definition) is 2. The van der Waals surface area contributed by atoms with Gasteiger partial charge in [-0.05, 0) is 39.0 Å². The maximum atomic E-state index is 10.2. The van der Waals surface area contributed by atoms with Crippen LogP contribution in [-0.2, 0) is 6.42 Å². The zero-order valence-corrected chi connectivity index (χ0v) is 13.0. The molecule has 0 saturated carbocycles. The minimum atomic E-state index is -0.411. The highest BCUT2D eigenvalue weighted by Crippen LogP contribution is 2.28. The maximum Gasteiger partial charge on any atom is 0.0922 e. The lowest BCUT2D eigenvalue weighted by atomic mass is 9.99. The molecule has 0 spiro atoms. The van der Waals surface area contributed by atoms with E-state index in [2.05, 4.69) is 54.0 Å². The van der Waals surface area contributed by atoms with Gasteiger partial charge in [-0.25, -0.2) is 0 Å². The van der Waals surface area contributed by atoms with E-state index in [-0.39, 0.29) is 0 Å². The summed E-state index contributed by atoms with van der Waals surface area (Å²) in [6.45, 7) is 4.38. The molecule has 18 heavy (non-hydrogen) atoms. The summed E-state index contributed by atoms with van der Waals surface area (Å²) in [4.78, 5) is 1.01. The predicted octanol–water partition coefficient (Wildman–Crippen LogP) is 4.91. The highest BCUT2D eigenvalue weighted by Gasteiger charge is 2.11. The molecule has 0 aliphatic heterocycles. The number of aliphatic hydroxyl groups excluding tert-OH is 1. The first kappa shape index (κ1) is 13.8. The quantitative estimate of drug-likeness (QED) is 0.847. The monoisotopic (exact) mass is 324 g/mol. The molecule has 1 N–H and O–H groups in total. The zero-order chi connectivity index (χ0) is 13.1. The number of rotatable bonds is 4. The van der Waals surface area contributed by atoms with Gasteiger partial charge in [0, 0.05) is 21.2 Å². The number of thiophene rings is 1. The van der Waals surface area contributed by atoms with Gasteiger partial charge in [-0.3, -0.25) is 0 Å². The molecule has 0 amide bonds. The van der Waals surface area contributed by atoms with Crippen LogP contribution in [0.4, 0.5) is 0 Å². The highest BCUT2D eigenvalue weighted by molar-refractivity contribution is 9.10. The van der Waals surface area contributed by atoms with Gasteiger partial charge in [-0.15, -0.1) is 11.3 Å². The van der Waals surface area contributed by atoms with Crippen molar-refractivity contribution < 1.29 is 5.11 Å². The van der Waals surface area contributed by atoms with Crippen molar-refractivity contribution in [3.8, 4) is 0 Å². The average Bonchev–Trinajstić information content (AvgIpc) is 2.76. The predicted molar refractivity (Wildman–Crippen MR) is 81.2 cm³/mol. The van der Waals surface area contributed by atoms with E-state index >= 15 is 0 Å². The molecular formula is C15H17BrOS. The van der Waals surface area contributed by atoms with Crippen LogP contribution in [0, 0.1) is 0 Å². The number of hydrogen-bond donors (Lipinski definition) is 1. The van der Waals surface area contributed by atoms with E-state index in [0.717, 1.165) is 9.35 Å². The third-order valence-corrected chi connectivity index (χ3v) is 4.79. The second-order valence-electron chi connectivity index (χ2n) is 4.78. The summed E-state index contributed by atoms with van der Waals surface area (Å²) in [6, 6.07) is 10.5. The summed E-state index contributed by atoms with van der Waals surface area (Å²) in [7, 11) is 0. The first-order chi connectivity index (χ1) is 8.56. The van der Waals surface area contributed by atoms with Crippen LogP contribution in [0.5, 0.6) is 0 Å². The SMILES string of the molecule is CC(C)c1ccc(CC(O)c2cc(Br)cs2)cc1. The van der Waals surface area contributed by atoms with Gasteiger partial charge in [0.2, 0.25) is 0 Å². The lowest BCUT2D eigenvalue weighted by Gasteiger charge is -2.10. The largest absolute Gasteiger partial charge is 0.387 e. The van der Waals surface area contributed by atoms with E-state index < -0.39 is 6.10 Å². The standard InChI is InChI=1S/C15H17BrOS/c1-10(2)12-5-3-11(4-6-12)7-14(17)15-8-13(16)9-18-15/h3-6,8-10,14,17H,7H2,1-2H3. The minimum Gasteiger partial charge on any atom is -0.387 e. The van der Waals surface area contributed by atoms with Crippen LogP contribution in [0.1, 0.15) is 41.9 Å². The Kier molecular flexibility index (Phi) is 4.60. The lowest BCUT2D eigenvalue weighted by molar-refractivity contribution is 0.182. The number of aliphatic hydroxyl groups is 1. The lowest BCUT2D eigenvalue weighted by Crippen LogP contribution is -1.99. The number of halogens is 1. The van der Waals surface area contributed by atoms with E-state index in [9.17, 15) is 5.11 Å². The van der Waals surface area contributed by atoms with Crippen molar-refractivity contribution in [1.29, 1.82) is 0 Å². The average molecular weight is 325 g/mol. The molecule has 96 valence electrons. The van der Waals surface area contributed by atoms with Gasteiger partial charge in [0.1, 0.15) is 0 Å². The van der Waals surface area contributed by atoms with E-state index in [0.29, 0.717) is 12.3 Å². The molecule has 1 nitrogen and oxygen atoms in total. The Morgan fingerprint density at radius 2 is 1.89 bits per heavy atom. The van der Waals surface area contributed by atoms with Gasteiger partial charge in [-0.1, -0.05) is 38.1 Å². The first-order valence-corrected chi connectivity index (χ1v) is 7.74. The topological polar surface area (TPSA) is 20.2 Å². The van der Waals surface area contributed by atoms with Crippen LogP contribution in [0.25, 0.3) is 0 Å². The molecule has 0 aliphatic carbocycles. The van der Waals surface area contributed by atoms with Gasteiger partial charge < -0.3 is 5.11 Å². The third-order valence-electron chi connectivity index (χ3n) is 2.99. The molecule has 2 rings (SSSR count). The molecule has 1 aromatic heterocycles. The molecular weight excluding hydrogens is 308 g/mol. The Morgan fingerprint density at radius 3 is 2.39 bits per heavy atom. The Bertz CT molecular complexity index is 501. The van der Waals surface area contributed by atoms with Gasteiger partial charge in [-0.2, -0.15) is 0 Å². The van der Waals surface area contributed by atoms with E-state index in [1.807, 2.05) is 11.4 Å². The molecule has 0 fully saturated rings. The minimum absolute atomic E-state index is 0.411. The maximum absolute atomic E-state index is 10.2. The van der Waals surface area contributed by atoms with Crippen LogP contribution < -0.4 is 0 Å². The van der Waals surface area contributed by atoms with Crippen LogP contribution >= 0.6 is 27.3 Å². The molecule has 0 bridgehead atoms. The summed E-state index contributed by atoms with van der Waals surface area (Å²) in [5.74, 6) is 0.553. The van der Waals surface area contributed by atoms with Crippen molar-refractivity contribution in [3.63, 3.8) is 0 Å². The fourth-order valence-electron chi connectivity index (χ4n) is 1.87. The van der Waals surface area contributed by atoms with Gasteiger partial charge in [0.15, 0.2) is 0 Å².